The Hall–Kier alpha value is -2.13. The van der Waals surface area contributed by atoms with Gasteiger partial charge in [-0.2, -0.15) is 13.2 Å². The smallest absolute Gasteiger partial charge is 0.348 e. The molecule has 0 amide bonds. The van der Waals surface area contributed by atoms with Crippen LogP contribution in [-0.2, 0) is 15.7 Å². The van der Waals surface area contributed by atoms with Crippen LogP contribution in [0.1, 0.15) is 24.3 Å². The molecule has 0 atom stereocenters. The summed E-state index contributed by atoms with van der Waals surface area (Å²) in [5.41, 5.74) is -3.66. The summed E-state index contributed by atoms with van der Waals surface area (Å²) in [6.45, 7) is 2.48. The quantitative estimate of drug-likeness (QED) is 0.617. The Labute approximate surface area is 149 Å². The van der Waals surface area contributed by atoms with E-state index in [0.29, 0.717) is 13.2 Å². The fraction of sp³-hybridized carbons (Fsp3) is 0.333. The van der Waals surface area contributed by atoms with E-state index in [1.807, 2.05) is 6.92 Å². The van der Waals surface area contributed by atoms with E-state index < -0.39 is 52.4 Å². The molecule has 2 aromatic rings. The molecule has 0 spiro atoms. The minimum atomic E-state index is -5.28. The average Bonchev–Trinajstić information content (AvgIpc) is 2.52. The van der Waals surface area contributed by atoms with Gasteiger partial charge < -0.3 is 9.47 Å². The summed E-state index contributed by atoms with van der Waals surface area (Å²) in [5, 5.41) is 0. The van der Waals surface area contributed by atoms with Crippen LogP contribution in [0.3, 0.4) is 0 Å². The van der Waals surface area contributed by atoms with Crippen LogP contribution in [0.15, 0.2) is 24.3 Å². The van der Waals surface area contributed by atoms with Gasteiger partial charge in [0.2, 0.25) is 0 Å². The molecular formula is C18H13F7O2. The summed E-state index contributed by atoms with van der Waals surface area (Å²) in [6.07, 6.45) is -6.29. The van der Waals surface area contributed by atoms with Gasteiger partial charge >= 0.3 is 6.18 Å². The van der Waals surface area contributed by atoms with E-state index in [-0.39, 0.29) is 23.6 Å². The Bertz CT molecular complexity index is 809. The molecule has 27 heavy (non-hydrogen) atoms. The lowest BCUT2D eigenvalue weighted by Gasteiger charge is -2.27. The molecule has 1 heterocycles. The molecule has 1 aliphatic heterocycles. The maximum absolute atomic E-state index is 14.4. The highest BCUT2D eigenvalue weighted by molar-refractivity contribution is 5.66. The Morgan fingerprint density at radius 1 is 0.815 bits per heavy atom. The van der Waals surface area contributed by atoms with Crippen LogP contribution >= 0.6 is 0 Å². The second-order valence-corrected chi connectivity index (χ2v) is 6.28. The topological polar surface area (TPSA) is 18.5 Å². The fourth-order valence-electron chi connectivity index (χ4n) is 2.78. The highest BCUT2D eigenvalue weighted by atomic mass is 19.4. The zero-order valence-corrected chi connectivity index (χ0v) is 13.8. The van der Waals surface area contributed by atoms with E-state index in [1.54, 1.807) is 0 Å². The summed E-state index contributed by atoms with van der Waals surface area (Å²) in [6, 6.07) is 2.18. The van der Waals surface area contributed by atoms with E-state index in [4.69, 9.17) is 9.47 Å². The van der Waals surface area contributed by atoms with Crippen molar-refractivity contribution in [3.8, 4) is 11.1 Å². The van der Waals surface area contributed by atoms with Gasteiger partial charge in [-0.3, -0.25) is 0 Å². The van der Waals surface area contributed by atoms with Crippen molar-refractivity contribution in [2.75, 3.05) is 13.2 Å². The Morgan fingerprint density at radius 2 is 1.30 bits per heavy atom. The van der Waals surface area contributed by atoms with Crippen LogP contribution < -0.4 is 0 Å². The van der Waals surface area contributed by atoms with Crippen molar-refractivity contribution >= 4 is 0 Å². The summed E-state index contributed by atoms with van der Waals surface area (Å²) in [5.74, 6) is -6.25. The zero-order chi connectivity index (χ0) is 19.9. The first-order valence-corrected chi connectivity index (χ1v) is 7.86. The van der Waals surface area contributed by atoms with E-state index in [0.717, 1.165) is 12.1 Å². The second kappa shape index (κ2) is 7.12. The third-order valence-electron chi connectivity index (χ3n) is 4.02. The molecule has 1 aliphatic rings. The van der Waals surface area contributed by atoms with Crippen molar-refractivity contribution < 1.29 is 40.2 Å². The zero-order valence-electron chi connectivity index (χ0n) is 13.8. The lowest BCUT2D eigenvalue weighted by molar-refractivity contribution is -0.202. The van der Waals surface area contributed by atoms with Gasteiger partial charge in [-0.05, 0) is 29.8 Å². The van der Waals surface area contributed by atoms with Gasteiger partial charge in [-0.25, -0.2) is 17.6 Å². The van der Waals surface area contributed by atoms with Gasteiger partial charge in [0, 0.05) is 11.5 Å². The van der Waals surface area contributed by atoms with Crippen molar-refractivity contribution in [1.82, 2.24) is 0 Å². The van der Waals surface area contributed by atoms with Crippen LogP contribution in [0.4, 0.5) is 30.7 Å². The van der Waals surface area contributed by atoms with Crippen molar-refractivity contribution in [3.63, 3.8) is 0 Å². The van der Waals surface area contributed by atoms with Gasteiger partial charge in [-0.1, -0.05) is 6.92 Å². The first-order valence-electron chi connectivity index (χ1n) is 7.86. The van der Waals surface area contributed by atoms with Crippen LogP contribution in [0.25, 0.3) is 11.1 Å². The molecule has 0 aliphatic carbocycles. The Kier molecular flexibility index (Phi) is 5.18. The molecule has 0 N–H and O–H groups in total. The van der Waals surface area contributed by atoms with Crippen LogP contribution in [-0.4, -0.2) is 13.2 Å². The maximum Gasteiger partial charge on any atom is 0.422 e. The van der Waals surface area contributed by atoms with Gasteiger partial charge in [-0.15, -0.1) is 0 Å². The van der Waals surface area contributed by atoms with Crippen molar-refractivity contribution in [3.05, 3.63) is 58.7 Å². The third-order valence-corrected chi connectivity index (χ3v) is 4.02. The third kappa shape index (κ3) is 3.93. The molecule has 3 rings (SSSR count). The normalized spacial score (nSPS) is 20.7. The molecule has 146 valence electrons. The minimum Gasteiger partial charge on any atom is -0.348 e. The van der Waals surface area contributed by atoms with Crippen LogP contribution in [0.2, 0.25) is 0 Å². The molecule has 0 unspecified atom stereocenters. The summed E-state index contributed by atoms with van der Waals surface area (Å²) in [4.78, 5) is 0. The molecule has 2 nitrogen and oxygen atoms in total. The maximum atomic E-state index is 14.4. The molecular weight excluding hydrogens is 381 g/mol. The van der Waals surface area contributed by atoms with Crippen molar-refractivity contribution in [1.29, 1.82) is 0 Å². The minimum absolute atomic E-state index is 0.00788. The predicted octanol–water partition coefficient (Wildman–Crippen LogP) is 5.61. The van der Waals surface area contributed by atoms with Gasteiger partial charge in [0.1, 0.15) is 28.8 Å². The number of rotatable bonds is 2. The largest absolute Gasteiger partial charge is 0.422 e. The SMILES string of the molecule is CC1COC(c2cc(F)c(-c3cc(F)c(C(F)(F)F)c(F)c3)c(F)c2)OC1. The number of ether oxygens (including phenoxy) is 2. The fourth-order valence-corrected chi connectivity index (χ4v) is 2.78. The Balaban J connectivity index is 2.01. The van der Waals surface area contributed by atoms with E-state index in [9.17, 15) is 30.7 Å². The number of hydrogen-bond donors (Lipinski definition) is 0. The lowest BCUT2D eigenvalue weighted by atomic mass is 9.99. The molecule has 0 bridgehead atoms. The highest BCUT2D eigenvalue weighted by Gasteiger charge is 2.38. The Morgan fingerprint density at radius 3 is 1.74 bits per heavy atom. The summed E-state index contributed by atoms with van der Waals surface area (Å²) < 4.78 is 105. The summed E-state index contributed by atoms with van der Waals surface area (Å²) in [7, 11) is 0. The van der Waals surface area contributed by atoms with E-state index in [1.165, 1.54) is 0 Å². The predicted molar refractivity (Wildman–Crippen MR) is 80.5 cm³/mol. The van der Waals surface area contributed by atoms with Crippen LogP contribution in [0, 0.1) is 29.2 Å². The molecule has 2 aromatic carbocycles. The molecule has 0 radical (unpaired) electrons. The average molecular weight is 394 g/mol. The van der Waals surface area contributed by atoms with E-state index in [2.05, 4.69) is 0 Å². The monoisotopic (exact) mass is 394 g/mol. The highest BCUT2D eigenvalue weighted by Crippen LogP contribution is 2.38. The van der Waals surface area contributed by atoms with Gasteiger partial charge in [0.15, 0.2) is 6.29 Å². The number of halogens is 7. The number of benzene rings is 2. The van der Waals surface area contributed by atoms with Crippen molar-refractivity contribution in [2.45, 2.75) is 19.4 Å². The number of alkyl halides is 3. The lowest BCUT2D eigenvalue weighted by Crippen LogP contribution is -2.25. The first-order chi connectivity index (χ1) is 12.6. The van der Waals surface area contributed by atoms with Gasteiger partial charge in [0.05, 0.1) is 18.8 Å². The molecule has 1 saturated heterocycles. The number of hydrogen-bond acceptors (Lipinski definition) is 2. The van der Waals surface area contributed by atoms with E-state index >= 15 is 0 Å². The van der Waals surface area contributed by atoms with Crippen LogP contribution in [0.5, 0.6) is 0 Å². The molecule has 9 heteroatoms. The van der Waals surface area contributed by atoms with Crippen molar-refractivity contribution in [2.24, 2.45) is 5.92 Å². The molecule has 0 saturated carbocycles. The first kappa shape index (κ1) is 19.6. The molecule has 0 aromatic heterocycles. The standard InChI is InChI=1S/C18H13F7O2/c1-8-6-26-17(27-7-8)10-4-11(19)15(12(20)5-10)9-2-13(21)16(14(22)3-9)18(23,24)25/h2-5,8,17H,6-7H2,1H3. The summed E-state index contributed by atoms with van der Waals surface area (Å²) >= 11 is 0. The van der Waals surface area contributed by atoms with Gasteiger partial charge in [0.25, 0.3) is 0 Å². The molecule has 1 fully saturated rings. The second-order valence-electron chi connectivity index (χ2n) is 6.28.